The normalized spacial score (nSPS) is 12.8. The summed E-state index contributed by atoms with van der Waals surface area (Å²) >= 11 is 0. The van der Waals surface area contributed by atoms with Crippen molar-refractivity contribution >= 4 is 22.7 Å². The number of aliphatic hydroxyl groups is 1. The Bertz CT molecular complexity index is 1150. The Balaban J connectivity index is 2.44. The smallest absolute Gasteiger partial charge is 0.433 e. The molecule has 0 saturated carbocycles. The second-order valence-electron chi connectivity index (χ2n) is 6.25. The number of hydrogen-bond acceptors (Lipinski definition) is 6. The van der Waals surface area contributed by atoms with Crippen molar-refractivity contribution in [3.05, 3.63) is 63.6 Å². The number of nitrogens with zero attached hydrogens (tertiary/aromatic N) is 2. The first-order valence-electron chi connectivity index (χ1n) is 8.35. The molecule has 0 aliphatic carbocycles. The summed E-state index contributed by atoms with van der Waals surface area (Å²) in [4.78, 5) is 28.7. The highest BCUT2D eigenvalue weighted by Crippen LogP contribution is 2.31. The monoisotopic (exact) mass is 407 g/mol. The Morgan fingerprint density at radius 1 is 1.21 bits per heavy atom. The molecule has 1 atom stereocenters. The molecule has 7 nitrogen and oxygen atoms in total. The molecule has 3 rings (SSSR count). The van der Waals surface area contributed by atoms with Crippen molar-refractivity contribution in [3.8, 4) is 5.69 Å². The van der Waals surface area contributed by atoms with E-state index in [1.807, 2.05) is 0 Å². The van der Waals surface area contributed by atoms with Crippen LogP contribution in [0.4, 0.5) is 18.9 Å². The number of nitrogen functional groups attached to an aromatic ring is 1. The van der Waals surface area contributed by atoms with E-state index in [1.165, 1.54) is 31.2 Å². The Hall–Kier alpha value is -3.40. The van der Waals surface area contributed by atoms with Gasteiger partial charge in [0.2, 0.25) is 0 Å². The number of hydrogen-bond donors (Lipinski definition) is 2. The zero-order valence-electron chi connectivity index (χ0n) is 15.3. The molecule has 0 bridgehead atoms. The van der Waals surface area contributed by atoms with Crippen LogP contribution in [-0.4, -0.2) is 27.7 Å². The van der Waals surface area contributed by atoms with E-state index in [-0.39, 0.29) is 22.4 Å². The number of ether oxygens (including phenoxy) is 1. The van der Waals surface area contributed by atoms with Crippen molar-refractivity contribution in [3.63, 3.8) is 0 Å². The van der Waals surface area contributed by atoms with Crippen molar-refractivity contribution in [1.29, 1.82) is 0 Å². The van der Waals surface area contributed by atoms with Crippen LogP contribution in [0, 0.1) is 0 Å². The summed E-state index contributed by atoms with van der Waals surface area (Å²) in [6.45, 7) is 1.53. The maximum Gasteiger partial charge on any atom is 0.433 e. The van der Waals surface area contributed by atoms with E-state index in [2.05, 4.69) is 9.72 Å². The Kier molecular flexibility index (Phi) is 5.05. The van der Waals surface area contributed by atoms with Gasteiger partial charge >= 0.3 is 12.1 Å². The number of anilines is 1. The van der Waals surface area contributed by atoms with Gasteiger partial charge in [-0.1, -0.05) is 12.1 Å². The highest BCUT2D eigenvalue weighted by atomic mass is 19.4. The number of esters is 1. The number of pyridine rings is 2. The lowest BCUT2D eigenvalue weighted by molar-refractivity contribution is -0.141. The highest BCUT2D eigenvalue weighted by Gasteiger charge is 2.33. The summed E-state index contributed by atoms with van der Waals surface area (Å²) in [6.07, 6.45) is -5.54. The SMILES string of the molecule is COC(=O)c1c(N)c2ccc(C(F)(F)F)nc2n(-c2ccc([C@@H](C)O)cc2)c1=O. The quantitative estimate of drug-likeness (QED) is 0.647. The van der Waals surface area contributed by atoms with Crippen molar-refractivity contribution in [2.45, 2.75) is 19.2 Å². The lowest BCUT2D eigenvalue weighted by Crippen LogP contribution is -2.29. The molecular formula is C19H16F3N3O4. The van der Waals surface area contributed by atoms with E-state index in [1.54, 1.807) is 0 Å². The molecule has 10 heteroatoms. The zero-order chi connectivity index (χ0) is 21.5. The standard InChI is InChI=1S/C19H16F3N3O4/c1-9(26)10-3-5-11(6-4-10)25-16-12(7-8-13(24-16)19(20,21)22)15(23)14(17(25)27)18(28)29-2/h3-9,26H,23H2,1-2H3/t9-/m1/s1. The molecule has 152 valence electrons. The molecule has 0 unspecified atom stereocenters. The number of aliphatic hydroxyl groups excluding tert-OH is 1. The Morgan fingerprint density at radius 3 is 2.34 bits per heavy atom. The van der Waals surface area contributed by atoms with Gasteiger partial charge in [0.05, 0.1) is 24.6 Å². The fourth-order valence-corrected chi connectivity index (χ4v) is 2.89. The van der Waals surface area contributed by atoms with Gasteiger partial charge in [-0.3, -0.25) is 9.36 Å². The number of benzene rings is 1. The van der Waals surface area contributed by atoms with E-state index < -0.39 is 35.1 Å². The highest BCUT2D eigenvalue weighted by molar-refractivity contribution is 6.03. The number of aromatic nitrogens is 2. The van der Waals surface area contributed by atoms with Crippen LogP contribution in [0.2, 0.25) is 0 Å². The molecule has 0 aliphatic rings. The molecule has 3 aromatic rings. The molecule has 1 aromatic carbocycles. The first kappa shape index (κ1) is 20.3. The van der Waals surface area contributed by atoms with E-state index >= 15 is 0 Å². The van der Waals surface area contributed by atoms with E-state index in [9.17, 15) is 27.9 Å². The van der Waals surface area contributed by atoms with E-state index in [0.717, 1.165) is 17.7 Å². The molecule has 0 spiro atoms. The van der Waals surface area contributed by atoms with Gasteiger partial charge in [0.25, 0.3) is 5.56 Å². The molecule has 2 heterocycles. The van der Waals surface area contributed by atoms with Crippen LogP contribution < -0.4 is 11.3 Å². The molecule has 0 radical (unpaired) electrons. The van der Waals surface area contributed by atoms with Crippen LogP contribution in [0.5, 0.6) is 0 Å². The molecule has 0 aliphatic heterocycles. The van der Waals surface area contributed by atoms with Gasteiger partial charge < -0.3 is 15.6 Å². The van der Waals surface area contributed by atoms with Crippen molar-refractivity contribution < 1.29 is 27.8 Å². The Morgan fingerprint density at radius 2 is 1.83 bits per heavy atom. The summed E-state index contributed by atoms with van der Waals surface area (Å²) in [5, 5.41) is 9.62. The summed E-state index contributed by atoms with van der Waals surface area (Å²) < 4.78 is 45.0. The number of carbonyl (C=O) groups is 1. The van der Waals surface area contributed by atoms with Crippen LogP contribution in [0.3, 0.4) is 0 Å². The summed E-state index contributed by atoms with van der Waals surface area (Å²) in [5.41, 5.74) is 3.17. The van der Waals surface area contributed by atoms with Crippen LogP contribution in [0.1, 0.15) is 34.6 Å². The molecule has 29 heavy (non-hydrogen) atoms. The number of carbonyl (C=O) groups excluding carboxylic acids is 1. The lowest BCUT2D eigenvalue weighted by atomic mass is 10.1. The number of rotatable bonds is 3. The van der Waals surface area contributed by atoms with Gasteiger partial charge in [-0.05, 0) is 36.8 Å². The lowest BCUT2D eigenvalue weighted by Gasteiger charge is -2.16. The van der Waals surface area contributed by atoms with Crippen molar-refractivity contribution in [2.24, 2.45) is 0 Å². The largest absolute Gasteiger partial charge is 0.465 e. The van der Waals surface area contributed by atoms with Crippen LogP contribution in [0.15, 0.2) is 41.2 Å². The minimum absolute atomic E-state index is 0.0161. The Labute approximate surface area is 162 Å². The molecule has 0 amide bonds. The number of halogens is 3. The molecule has 0 fully saturated rings. The summed E-state index contributed by atoms with van der Waals surface area (Å²) in [6, 6.07) is 7.60. The van der Waals surface area contributed by atoms with Crippen molar-refractivity contribution in [1.82, 2.24) is 9.55 Å². The third-order valence-corrected chi connectivity index (χ3v) is 4.38. The van der Waals surface area contributed by atoms with Gasteiger partial charge in [0.15, 0.2) is 0 Å². The maximum atomic E-state index is 13.2. The van der Waals surface area contributed by atoms with Gasteiger partial charge in [0.1, 0.15) is 16.9 Å². The van der Waals surface area contributed by atoms with Gasteiger partial charge in [-0.2, -0.15) is 13.2 Å². The molecule has 3 N–H and O–H groups in total. The van der Waals surface area contributed by atoms with Gasteiger partial charge in [-0.25, -0.2) is 9.78 Å². The third kappa shape index (κ3) is 3.54. The average molecular weight is 407 g/mol. The van der Waals surface area contributed by atoms with Crippen LogP contribution in [-0.2, 0) is 10.9 Å². The molecule has 0 saturated heterocycles. The predicted molar refractivity (Wildman–Crippen MR) is 98.7 cm³/mol. The fraction of sp³-hybridized carbons (Fsp3) is 0.211. The van der Waals surface area contributed by atoms with Crippen LogP contribution in [0.25, 0.3) is 16.7 Å². The number of methoxy groups -OCH3 is 1. The first-order valence-corrected chi connectivity index (χ1v) is 8.35. The predicted octanol–water partition coefficient (Wildman–Crippen LogP) is 2.83. The summed E-state index contributed by atoms with van der Waals surface area (Å²) in [5.74, 6) is -1.02. The minimum Gasteiger partial charge on any atom is -0.465 e. The third-order valence-electron chi connectivity index (χ3n) is 4.38. The van der Waals surface area contributed by atoms with Crippen LogP contribution >= 0.6 is 0 Å². The first-order chi connectivity index (χ1) is 13.6. The average Bonchev–Trinajstić information content (AvgIpc) is 2.67. The molecule has 2 aromatic heterocycles. The van der Waals surface area contributed by atoms with Gasteiger partial charge in [-0.15, -0.1) is 0 Å². The van der Waals surface area contributed by atoms with Gasteiger partial charge in [0, 0.05) is 5.39 Å². The number of fused-ring (bicyclic) bond motifs is 1. The topological polar surface area (TPSA) is 107 Å². The number of alkyl halides is 3. The second kappa shape index (κ2) is 7.21. The zero-order valence-corrected chi connectivity index (χ0v) is 15.3. The molecular weight excluding hydrogens is 391 g/mol. The minimum atomic E-state index is -4.75. The fourth-order valence-electron chi connectivity index (χ4n) is 2.89. The van der Waals surface area contributed by atoms with E-state index in [4.69, 9.17) is 5.73 Å². The maximum absolute atomic E-state index is 13.2. The second-order valence-corrected chi connectivity index (χ2v) is 6.25. The number of nitrogens with two attached hydrogens (primary N) is 1. The summed E-state index contributed by atoms with van der Waals surface area (Å²) in [7, 11) is 1.05. The van der Waals surface area contributed by atoms with Crippen molar-refractivity contribution in [2.75, 3.05) is 12.8 Å². The van der Waals surface area contributed by atoms with E-state index in [0.29, 0.717) is 11.6 Å².